The first-order valence-corrected chi connectivity index (χ1v) is 6.14. The van der Waals surface area contributed by atoms with E-state index in [2.05, 4.69) is 31.2 Å². The second-order valence-electron chi connectivity index (χ2n) is 3.59. The zero-order valence-corrected chi connectivity index (χ0v) is 11.4. The van der Waals surface area contributed by atoms with E-state index in [1.807, 2.05) is 24.3 Å². The number of anilines is 2. The lowest BCUT2D eigenvalue weighted by Crippen LogP contribution is -2.07. The summed E-state index contributed by atoms with van der Waals surface area (Å²) >= 11 is 3.26. The molecule has 0 fully saturated rings. The van der Waals surface area contributed by atoms with Gasteiger partial charge in [0.15, 0.2) is 11.6 Å². The van der Waals surface area contributed by atoms with Crippen molar-refractivity contribution in [2.75, 3.05) is 18.2 Å². The summed E-state index contributed by atoms with van der Waals surface area (Å²) in [7, 11) is 1.64. The highest BCUT2D eigenvalue weighted by molar-refractivity contribution is 9.10. The lowest BCUT2D eigenvalue weighted by Gasteiger charge is -2.10. The molecule has 1 aromatic carbocycles. The molecule has 0 unspecified atom stereocenters. The number of ether oxygens (including phenoxy) is 1. The molecule has 0 spiro atoms. The first-order chi connectivity index (χ1) is 8.70. The molecule has 0 aliphatic carbocycles. The number of methoxy groups -OCH3 is 1. The molecule has 0 atom stereocenters. The van der Waals surface area contributed by atoms with Gasteiger partial charge in [0.2, 0.25) is 0 Å². The average molecular weight is 309 g/mol. The molecule has 0 bridgehead atoms. The summed E-state index contributed by atoms with van der Waals surface area (Å²) in [5, 5.41) is 3.14. The van der Waals surface area contributed by atoms with Crippen molar-refractivity contribution in [1.29, 1.82) is 0 Å². The molecule has 0 saturated heterocycles. The van der Waals surface area contributed by atoms with Crippen molar-refractivity contribution in [3.05, 3.63) is 40.6 Å². The fourth-order valence-corrected chi connectivity index (χ4v) is 1.81. The third-order valence-electron chi connectivity index (χ3n) is 2.41. The molecular formula is C12H13BrN4O. The Morgan fingerprint density at radius 2 is 2.17 bits per heavy atom. The summed E-state index contributed by atoms with van der Waals surface area (Å²) in [5.74, 6) is 1.75. The molecule has 0 aliphatic rings. The number of nitrogens with two attached hydrogens (primary N) is 1. The Morgan fingerprint density at radius 3 is 2.94 bits per heavy atom. The summed E-state index contributed by atoms with van der Waals surface area (Å²) in [5.41, 5.74) is 6.76. The number of halogens is 1. The molecule has 2 aromatic rings. The Morgan fingerprint density at radius 1 is 1.39 bits per heavy atom. The Kier molecular flexibility index (Phi) is 3.99. The van der Waals surface area contributed by atoms with Gasteiger partial charge in [-0.25, -0.2) is 9.97 Å². The second-order valence-corrected chi connectivity index (χ2v) is 4.40. The zero-order valence-electron chi connectivity index (χ0n) is 9.85. The smallest absolute Gasteiger partial charge is 0.170 e. The fourth-order valence-electron chi connectivity index (χ4n) is 1.53. The lowest BCUT2D eigenvalue weighted by molar-refractivity contribution is 0.410. The Bertz CT molecular complexity index is 547. The van der Waals surface area contributed by atoms with Crippen molar-refractivity contribution in [1.82, 2.24) is 9.97 Å². The Balaban J connectivity index is 2.14. The standard InChI is InChI=1S/C12H13BrN4O/c1-18-9-5-3-2-4-8(9)6-16-12-11(14)15-7-10(13)17-12/h2-5,7H,6H2,1H3,(H2,14,15)(H,16,17). The number of hydrogen-bond donors (Lipinski definition) is 2. The van der Waals surface area contributed by atoms with Gasteiger partial charge in [-0.2, -0.15) is 0 Å². The van der Waals surface area contributed by atoms with Gasteiger partial charge in [-0.1, -0.05) is 18.2 Å². The van der Waals surface area contributed by atoms with Crippen LogP contribution in [0.3, 0.4) is 0 Å². The average Bonchev–Trinajstić information content (AvgIpc) is 2.40. The van der Waals surface area contributed by atoms with Gasteiger partial charge in [-0.05, 0) is 22.0 Å². The number of hydrogen-bond acceptors (Lipinski definition) is 5. The van der Waals surface area contributed by atoms with Gasteiger partial charge < -0.3 is 15.8 Å². The van der Waals surface area contributed by atoms with Crippen molar-refractivity contribution >= 4 is 27.6 Å². The van der Waals surface area contributed by atoms with Gasteiger partial charge in [-0.3, -0.25) is 0 Å². The molecule has 18 heavy (non-hydrogen) atoms. The van der Waals surface area contributed by atoms with E-state index in [-0.39, 0.29) is 0 Å². The van der Waals surface area contributed by atoms with Crippen molar-refractivity contribution in [3.8, 4) is 5.75 Å². The molecule has 1 aromatic heterocycles. The molecule has 0 radical (unpaired) electrons. The van der Waals surface area contributed by atoms with Crippen LogP contribution in [0.5, 0.6) is 5.75 Å². The van der Waals surface area contributed by atoms with Crippen LogP contribution in [0.15, 0.2) is 35.1 Å². The highest BCUT2D eigenvalue weighted by Gasteiger charge is 2.05. The van der Waals surface area contributed by atoms with Gasteiger partial charge in [0.25, 0.3) is 0 Å². The van der Waals surface area contributed by atoms with Crippen LogP contribution in [0.1, 0.15) is 5.56 Å². The highest BCUT2D eigenvalue weighted by atomic mass is 79.9. The van der Waals surface area contributed by atoms with Crippen LogP contribution < -0.4 is 15.8 Å². The maximum absolute atomic E-state index is 5.74. The number of benzene rings is 1. The number of nitrogen functional groups attached to an aromatic ring is 1. The van der Waals surface area contributed by atoms with Crippen molar-refractivity contribution in [2.45, 2.75) is 6.54 Å². The minimum atomic E-state index is 0.369. The van der Waals surface area contributed by atoms with Gasteiger partial charge in [-0.15, -0.1) is 0 Å². The van der Waals surface area contributed by atoms with Gasteiger partial charge in [0, 0.05) is 12.1 Å². The van der Waals surface area contributed by atoms with Crippen molar-refractivity contribution in [2.24, 2.45) is 0 Å². The first-order valence-electron chi connectivity index (χ1n) is 5.34. The lowest BCUT2D eigenvalue weighted by atomic mass is 10.2. The highest BCUT2D eigenvalue weighted by Crippen LogP contribution is 2.20. The van der Waals surface area contributed by atoms with E-state index in [4.69, 9.17) is 10.5 Å². The van der Waals surface area contributed by atoms with Crippen LogP contribution >= 0.6 is 15.9 Å². The Hall–Kier alpha value is -1.82. The summed E-state index contributed by atoms with van der Waals surface area (Å²) < 4.78 is 5.91. The van der Waals surface area contributed by atoms with Crippen LogP contribution in [-0.4, -0.2) is 17.1 Å². The third-order valence-corrected chi connectivity index (χ3v) is 2.79. The SMILES string of the molecule is COc1ccccc1CNc1nc(Br)cnc1N. The van der Waals surface area contributed by atoms with Crippen molar-refractivity contribution in [3.63, 3.8) is 0 Å². The number of nitrogens with one attached hydrogen (secondary N) is 1. The number of rotatable bonds is 4. The molecule has 0 amide bonds. The molecule has 3 N–H and O–H groups in total. The largest absolute Gasteiger partial charge is 0.496 e. The van der Waals surface area contributed by atoms with Crippen LogP contribution in [0.4, 0.5) is 11.6 Å². The molecular weight excluding hydrogens is 296 g/mol. The summed E-state index contributed by atoms with van der Waals surface area (Å²) in [6.45, 7) is 0.569. The van der Waals surface area contributed by atoms with Gasteiger partial charge in [0.05, 0.1) is 13.3 Å². The van der Waals surface area contributed by atoms with E-state index >= 15 is 0 Å². The van der Waals surface area contributed by atoms with Crippen LogP contribution in [0.25, 0.3) is 0 Å². The quantitative estimate of drug-likeness (QED) is 0.907. The number of para-hydroxylation sites is 1. The van der Waals surface area contributed by atoms with Crippen molar-refractivity contribution < 1.29 is 4.74 Å². The third kappa shape index (κ3) is 2.89. The Labute approximate surface area is 114 Å². The number of nitrogens with zero attached hydrogens (tertiary/aromatic N) is 2. The summed E-state index contributed by atoms with van der Waals surface area (Å²) in [4.78, 5) is 8.23. The van der Waals surface area contributed by atoms with Crippen LogP contribution in [-0.2, 0) is 6.54 Å². The molecule has 0 aliphatic heterocycles. The minimum absolute atomic E-state index is 0.369. The normalized spacial score (nSPS) is 10.1. The predicted molar refractivity (Wildman–Crippen MR) is 74.5 cm³/mol. The maximum atomic E-state index is 5.74. The summed E-state index contributed by atoms with van der Waals surface area (Å²) in [6, 6.07) is 7.77. The van der Waals surface area contributed by atoms with Crippen LogP contribution in [0.2, 0.25) is 0 Å². The molecule has 5 nitrogen and oxygen atoms in total. The fraction of sp³-hybridized carbons (Fsp3) is 0.167. The molecule has 6 heteroatoms. The summed E-state index contributed by atoms with van der Waals surface area (Å²) in [6.07, 6.45) is 1.56. The monoisotopic (exact) mass is 308 g/mol. The van der Waals surface area contributed by atoms with E-state index in [0.717, 1.165) is 11.3 Å². The van der Waals surface area contributed by atoms with E-state index in [9.17, 15) is 0 Å². The maximum Gasteiger partial charge on any atom is 0.170 e. The van der Waals surface area contributed by atoms with E-state index in [1.165, 1.54) is 0 Å². The first kappa shape index (κ1) is 12.6. The van der Waals surface area contributed by atoms with Crippen LogP contribution in [0, 0.1) is 0 Å². The molecule has 0 saturated carbocycles. The minimum Gasteiger partial charge on any atom is -0.496 e. The number of aromatic nitrogens is 2. The van der Waals surface area contributed by atoms with E-state index in [1.54, 1.807) is 13.3 Å². The zero-order chi connectivity index (χ0) is 13.0. The topological polar surface area (TPSA) is 73.1 Å². The van der Waals surface area contributed by atoms with Gasteiger partial charge >= 0.3 is 0 Å². The second kappa shape index (κ2) is 5.68. The predicted octanol–water partition coefficient (Wildman–Crippen LogP) is 2.44. The van der Waals surface area contributed by atoms with Gasteiger partial charge in [0.1, 0.15) is 10.4 Å². The molecule has 2 rings (SSSR count). The molecule has 1 heterocycles. The van der Waals surface area contributed by atoms with E-state index in [0.29, 0.717) is 22.8 Å². The van der Waals surface area contributed by atoms with E-state index < -0.39 is 0 Å². The molecule has 94 valence electrons.